The first-order chi connectivity index (χ1) is 10.2. The molecule has 21 heavy (non-hydrogen) atoms. The highest BCUT2D eigenvalue weighted by molar-refractivity contribution is 7.19. The highest BCUT2D eigenvalue weighted by Crippen LogP contribution is 2.34. The van der Waals surface area contributed by atoms with Crippen LogP contribution in [0.2, 0.25) is 0 Å². The lowest BCUT2D eigenvalue weighted by atomic mass is 10.1. The number of thiophene rings is 1. The lowest BCUT2D eigenvalue weighted by Crippen LogP contribution is -2.38. The van der Waals surface area contributed by atoms with Crippen molar-refractivity contribution in [2.45, 2.75) is 32.0 Å². The van der Waals surface area contributed by atoms with Crippen LogP contribution in [0.15, 0.2) is 18.2 Å². The van der Waals surface area contributed by atoms with Crippen LogP contribution in [0.25, 0.3) is 10.1 Å². The van der Waals surface area contributed by atoms with Crippen molar-refractivity contribution in [2.75, 3.05) is 20.2 Å². The second-order valence-electron chi connectivity index (χ2n) is 5.56. The molecule has 0 aliphatic carbocycles. The van der Waals surface area contributed by atoms with E-state index in [1.54, 1.807) is 24.5 Å². The number of piperidine rings is 1. The molecule has 1 aromatic heterocycles. The van der Waals surface area contributed by atoms with Crippen LogP contribution in [0.3, 0.4) is 0 Å². The predicted molar refractivity (Wildman–Crippen MR) is 85.0 cm³/mol. The average Bonchev–Trinajstić information content (AvgIpc) is 2.86. The molecule has 1 aliphatic heterocycles. The molecule has 114 valence electrons. The third-order valence-corrected chi connectivity index (χ3v) is 5.43. The number of fused-ring (bicyclic) bond motifs is 1. The van der Waals surface area contributed by atoms with Crippen molar-refractivity contribution in [3.05, 3.63) is 34.5 Å². The molecule has 1 aliphatic rings. The normalized spacial score (nSPS) is 20.2. The van der Waals surface area contributed by atoms with Gasteiger partial charge in [-0.3, -0.25) is 4.90 Å². The van der Waals surface area contributed by atoms with E-state index in [4.69, 9.17) is 10.5 Å². The molecule has 1 saturated heterocycles. The molecule has 0 amide bonds. The monoisotopic (exact) mass is 308 g/mol. The van der Waals surface area contributed by atoms with Crippen molar-refractivity contribution in [3.63, 3.8) is 0 Å². The van der Waals surface area contributed by atoms with E-state index < -0.39 is 0 Å². The largest absolute Gasteiger partial charge is 0.380 e. The van der Waals surface area contributed by atoms with Gasteiger partial charge in [0.05, 0.1) is 6.10 Å². The molecule has 1 atom stereocenters. The van der Waals surface area contributed by atoms with Gasteiger partial charge in [0.2, 0.25) is 0 Å². The van der Waals surface area contributed by atoms with Crippen LogP contribution in [0.4, 0.5) is 4.39 Å². The van der Waals surface area contributed by atoms with Gasteiger partial charge < -0.3 is 10.5 Å². The van der Waals surface area contributed by atoms with Crippen LogP contribution in [-0.2, 0) is 17.8 Å². The Morgan fingerprint density at radius 3 is 3.10 bits per heavy atom. The summed E-state index contributed by atoms with van der Waals surface area (Å²) in [5.41, 5.74) is 6.93. The summed E-state index contributed by atoms with van der Waals surface area (Å²) in [5.74, 6) is -0.140. The zero-order valence-electron chi connectivity index (χ0n) is 12.3. The zero-order chi connectivity index (χ0) is 14.8. The van der Waals surface area contributed by atoms with Crippen LogP contribution in [0.1, 0.15) is 23.3 Å². The van der Waals surface area contributed by atoms with E-state index in [-0.39, 0.29) is 11.9 Å². The standard InChI is InChI=1S/C16H21FN2OS/c1-20-11-4-3-7-19(9-11)10-12-15(8-18)21-14-6-2-5-13(17)16(12)14/h2,5-6,11H,3-4,7-10,18H2,1H3. The molecule has 3 nitrogen and oxygen atoms in total. The maximum atomic E-state index is 14.2. The molecule has 3 rings (SSSR count). The van der Waals surface area contributed by atoms with Gasteiger partial charge >= 0.3 is 0 Å². The zero-order valence-corrected chi connectivity index (χ0v) is 13.1. The van der Waals surface area contributed by atoms with E-state index >= 15 is 0 Å². The molecule has 5 heteroatoms. The van der Waals surface area contributed by atoms with Gasteiger partial charge in [0.1, 0.15) is 5.82 Å². The fraction of sp³-hybridized carbons (Fsp3) is 0.500. The number of halogens is 1. The summed E-state index contributed by atoms with van der Waals surface area (Å²) in [4.78, 5) is 3.44. The van der Waals surface area contributed by atoms with Crippen LogP contribution >= 0.6 is 11.3 Å². The van der Waals surface area contributed by atoms with Crippen LogP contribution in [-0.4, -0.2) is 31.2 Å². The third kappa shape index (κ3) is 2.97. The number of nitrogens with zero attached hydrogens (tertiary/aromatic N) is 1. The van der Waals surface area contributed by atoms with Gasteiger partial charge in [0, 0.05) is 41.7 Å². The summed E-state index contributed by atoms with van der Waals surface area (Å²) in [6, 6.07) is 5.27. The molecule has 1 fully saturated rings. The molecule has 1 unspecified atom stereocenters. The van der Waals surface area contributed by atoms with Crippen molar-refractivity contribution < 1.29 is 9.13 Å². The van der Waals surface area contributed by atoms with Gasteiger partial charge in [-0.05, 0) is 37.1 Å². The molecule has 0 radical (unpaired) electrons. The van der Waals surface area contributed by atoms with Gasteiger partial charge in [-0.25, -0.2) is 4.39 Å². The molecule has 0 bridgehead atoms. The van der Waals surface area contributed by atoms with E-state index in [1.165, 1.54) is 6.07 Å². The molecular weight excluding hydrogens is 287 g/mol. The molecule has 2 N–H and O–H groups in total. The summed E-state index contributed by atoms with van der Waals surface area (Å²) in [6.07, 6.45) is 2.52. The fourth-order valence-electron chi connectivity index (χ4n) is 3.12. The Labute approximate surface area is 128 Å². The maximum absolute atomic E-state index is 14.2. The van der Waals surface area contributed by atoms with E-state index in [9.17, 15) is 4.39 Å². The van der Waals surface area contributed by atoms with E-state index in [0.29, 0.717) is 6.54 Å². The van der Waals surface area contributed by atoms with Crippen LogP contribution in [0.5, 0.6) is 0 Å². The van der Waals surface area contributed by atoms with Gasteiger partial charge in [0.25, 0.3) is 0 Å². The summed E-state index contributed by atoms with van der Waals surface area (Å²) >= 11 is 1.61. The minimum Gasteiger partial charge on any atom is -0.380 e. The summed E-state index contributed by atoms with van der Waals surface area (Å²) < 4.78 is 20.7. The predicted octanol–water partition coefficient (Wildman–Crippen LogP) is 3.11. The third-order valence-electron chi connectivity index (χ3n) is 4.21. The SMILES string of the molecule is COC1CCCN(Cc2c(CN)sc3cccc(F)c23)C1. The number of benzene rings is 1. The quantitative estimate of drug-likeness (QED) is 0.943. The fourth-order valence-corrected chi connectivity index (χ4v) is 4.23. The first-order valence-electron chi connectivity index (χ1n) is 7.37. The lowest BCUT2D eigenvalue weighted by molar-refractivity contribution is 0.0286. The first-order valence-corrected chi connectivity index (χ1v) is 8.18. The minimum atomic E-state index is -0.140. The average molecular weight is 308 g/mol. The molecule has 2 aromatic rings. The molecule has 0 spiro atoms. The van der Waals surface area contributed by atoms with Crippen LogP contribution in [0, 0.1) is 5.82 Å². The highest BCUT2D eigenvalue weighted by atomic mass is 32.1. The second kappa shape index (κ2) is 6.40. The van der Waals surface area contributed by atoms with E-state index in [2.05, 4.69) is 4.90 Å². The van der Waals surface area contributed by atoms with Crippen molar-refractivity contribution >= 4 is 21.4 Å². The van der Waals surface area contributed by atoms with E-state index in [1.807, 2.05) is 6.07 Å². The van der Waals surface area contributed by atoms with Gasteiger partial charge in [-0.1, -0.05) is 6.07 Å². The van der Waals surface area contributed by atoms with Gasteiger partial charge in [-0.15, -0.1) is 11.3 Å². The second-order valence-corrected chi connectivity index (χ2v) is 6.69. The van der Waals surface area contributed by atoms with Crippen molar-refractivity contribution in [3.8, 4) is 0 Å². The number of likely N-dealkylation sites (tertiary alicyclic amines) is 1. The topological polar surface area (TPSA) is 38.5 Å². The molecule has 0 saturated carbocycles. The van der Waals surface area contributed by atoms with E-state index in [0.717, 1.165) is 53.0 Å². The Kier molecular flexibility index (Phi) is 4.54. The molecule has 2 heterocycles. The van der Waals surface area contributed by atoms with Crippen LogP contribution < -0.4 is 5.73 Å². The minimum absolute atomic E-state index is 0.140. The smallest absolute Gasteiger partial charge is 0.132 e. The highest BCUT2D eigenvalue weighted by Gasteiger charge is 2.22. The summed E-state index contributed by atoms with van der Waals surface area (Å²) in [6.45, 7) is 3.17. The van der Waals surface area contributed by atoms with Crippen molar-refractivity contribution in [1.29, 1.82) is 0 Å². The number of rotatable bonds is 4. The molecular formula is C16H21FN2OS. The lowest BCUT2D eigenvalue weighted by Gasteiger charge is -2.32. The Hall–Kier alpha value is -1.01. The molecule has 1 aromatic carbocycles. The Morgan fingerprint density at radius 2 is 2.33 bits per heavy atom. The Balaban J connectivity index is 1.92. The first kappa shape index (κ1) is 14.9. The number of hydrogen-bond acceptors (Lipinski definition) is 4. The van der Waals surface area contributed by atoms with Gasteiger partial charge in [0.15, 0.2) is 0 Å². The number of ether oxygens (including phenoxy) is 1. The Bertz CT molecular complexity index is 628. The summed E-state index contributed by atoms with van der Waals surface area (Å²) in [7, 11) is 1.76. The Morgan fingerprint density at radius 1 is 1.48 bits per heavy atom. The van der Waals surface area contributed by atoms with Gasteiger partial charge in [-0.2, -0.15) is 0 Å². The number of methoxy groups -OCH3 is 1. The maximum Gasteiger partial charge on any atom is 0.132 e. The number of hydrogen-bond donors (Lipinski definition) is 1. The van der Waals surface area contributed by atoms with Crippen molar-refractivity contribution in [1.82, 2.24) is 4.90 Å². The van der Waals surface area contributed by atoms with Crippen molar-refractivity contribution in [2.24, 2.45) is 5.73 Å². The summed E-state index contributed by atoms with van der Waals surface area (Å²) in [5, 5.41) is 0.752. The number of nitrogens with two attached hydrogens (primary N) is 1.